The molecule has 1 N–H and O–H groups in total. The van der Waals surface area contributed by atoms with Crippen molar-refractivity contribution in [1.82, 2.24) is 4.90 Å². The molecule has 1 aromatic rings. The van der Waals surface area contributed by atoms with E-state index in [4.69, 9.17) is 16.7 Å². The minimum Gasteiger partial charge on any atom is -0.395 e. The number of amides is 1. The monoisotopic (exact) mass is 253 g/mol. The van der Waals surface area contributed by atoms with Crippen LogP contribution in [0.4, 0.5) is 0 Å². The van der Waals surface area contributed by atoms with E-state index >= 15 is 0 Å². The summed E-state index contributed by atoms with van der Waals surface area (Å²) < 4.78 is 0. The Morgan fingerprint density at radius 3 is 2.76 bits per heavy atom. The molecule has 1 aromatic carbocycles. The van der Waals surface area contributed by atoms with Crippen molar-refractivity contribution < 1.29 is 9.90 Å². The topological polar surface area (TPSA) is 40.5 Å². The second-order valence-electron chi connectivity index (χ2n) is 4.32. The highest BCUT2D eigenvalue weighted by molar-refractivity contribution is 6.30. The van der Waals surface area contributed by atoms with Gasteiger partial charge in [0.15, 0.2) is 0 Å². The van der Waals surface area contributed by atoms with Crippen molar-refractivity contribution in [1.29, 1.82) is 0 Å². The van der Waals surface area contributed by atoms with Crippen molar-refractivity contribution in [3.8, 4) is 0 Å². The Morgan fingerprint density at radius 2 is 2.24 bits per heavy atom. The SMILES string of the molecule is O=C(c1cccc(Cl)c1)N(CCO)C1CCC1. The molecular weight excluding hydrogens is 238 g/mol. The van der Waals surface area contributed by atoms with Gasteiger partial charge in [0.05, 0.1) is 6.61 Å². The quantitative estimate of drug-likeness (QED) is 0.895. The molecule has 0 radical (unpaired) electrons. The molecule has 0 bridgehead atoms. The Hall–Kier alpha value is -1.06. The zero-order valence-electron chi connectivity index (χ0n) is 9.60. The zero-order valence-corrected chi connectivity index (χ0v) is 10.4. The van der Waals surface area contributed by atoms with Crippen LogP contribution in [-0.4, -0.2) is 35.1 Å². The van der Waals surface area contributed by atoms with Crippen LogP contribution in [0.5, 0.6) is 0 Å². The summed E-state index contributed by atoms with van der Waals surface area (Å²) in [6.45, 7) is 0.402. The van der Waals surface area contributed by atoms with Crippen molar-refractivity contribution >= 4 is 17.5 Å². The fraction of sp³-hybridized carbons (Fsp3) is 0.462. The number of nitrogens with zero attached hydrogens (tertiary/aromatic N) is 1. The first kappa shape index (κ1) is 12.4. The summed E-state index contributed by atoms with van der Waals surface area (Å²) in [4.78, 5) is 14.0. The number of hydrogen-bond acceptors (Lipinski definition) is 2. The van der Waals surface area contributed by atoms with Crippen LogP contribution in [0.15, 0.2) is 24.3 Å². The summed E-state index contributed by atoms with van der Waals surface area (Å²) in [6.07, 6.45) is 3.23. The highest BCUT2D eigenvalue weighted by Crippen LogP contribution is 2.26. The number of aliphatic hydroxyl groups is 1. The number of benzene rings is 1. The van der Waals surface area contributed by atoms with Gasteiger partial charge in [-0.05, 0) is 37.5 Å². The fourth-order valence-electron chi connectivity index (χ4n) is 2.04. The average Bonchev–Trinajstić information content (AvgIpc) is 2.25. The molecule has 1 amide bonds. The van der Waals surface area contributed by atoms with Crippen molar-refractivity contribution in [2.24, 2.45) is 0 Å². The Morgan fingerprint density at radius 1 is 1.47 bits per heavy atom. The number of carbonyl (C=O) groups excluding carboxylic acids is 1. The molecule has 92 valence electrons. The van der Waals surface area contributed by atoms with E-state index in [0.29, 0.717) is 17.1 Å². The number of carbonyl (C=O) groups is 1. The smallest absolute Gasteiger partial charge is 0.254 e. The van der Waals surface area contributed by atoms with Gasteiger partial charge in [0.1, 0.15) is 0 Å². The van der Waals surface area contributed by atoms with Crippen LogP contribution in [0.3, 0.4) is 0 Å². The van der Waals surface area contributed by atoms with Crippen LogP contribution in [-0.2, 0) is 0 Å². The third-order valence-corrected chi connectivity index (χ3v) is 3.42. The second-order valence-corrected chi connectivity index (χ2v) is 4.75. The maximum Gasteiger partial charge on any atom is 0.254 e. The first-order valence-corrected chi connectivity index (χ1v) is 6.27. The number of hydrogen-bond donors (Lipinski definition) is 1. The van der Waals surface area contributed by atoms with E-state index in [1.165, 1.54) is 0 Å². The van der Waals surface area contributed by atoms with Crippen LogP contribution >= 0.6 is 11.6 Å². The van der Waals surface area contributed by atoms with Gasteiger partial charge >= 0.3 is 0 Å². The molecule has 0 atom stereocenters. The summed E-state index contributed by atoms with van der Waals surface area (Å²) in [6, 6.07) is 7.24. The maximum absolute atomic E-state index is 12.3. The lowest BCUT2D eigenvalue weighted by atomic mass is 9.91. The molecule has 3 nitrogen and oxygen atoms in total. The van der Waals surface area contributed by atoms with Gasteiger partial charge in [-0.25, -0.2) is 0 Å². The lowest BCUT2D eigenvalue weighted by molar-refractivity contribution is 0.0526. The molecule has 0 aromatic heterocycles. The van der Waals surface area contributed by atoms with Crippen LogP contribution in [0.2, 0.25) is 5.02 Å². The van der Waals surface area contributed by atoms with Crippen LogP contribution < -0.4 is 0 Å². The van der Waals surface area contributed by atoms with Gasteiger partial charge in [-0.3, -0.25) is 4.79 Å². The fourth-order valence-corrected chi connectivity index (χ4v) is 2.23. The number of aliphatic hydroxyl groups excluding tert-OH is 1. The van der Waals surface area contributed by atoms with E-state index in [-0.39, 0.29) is 18.6 Å². The molecule has 0 aliphatic heterocycles. The van der Waals surface area contributed by atoms with E-state index in [2.05, 4.69) is 0 Å². The van der Waals surface area contributed by atoms with Crippen LogP contribution in [0.1, 0.15) is 29.6 Å². The first-order chi connectivity index (χ1) is 8.22. The third-order valence-electron chi connectivity index (χ3n) is 3.19. The van der Waals surface area contributed by atoms with Gasteiger partial charge in [-0.1, -0.05) is 17.7 Å². The standard InChI is InChI=1S/C13H16ClNO2/c14-11-4-1-3-10(9-11)13(17)15(7-8-16)12-5-2-6-12/h1,3-4,9,12,16H,2,5-8H2. The highest BCUT2D eigenvalue weighted by Gasteiger charge is 2.28. The Labute approximate surface area is 106 Å². The predicted molar refractivity (Wildman–Crippen MR) is 67.2 cm³/mol. The lowest BCUT2D eigenvalue weighted by Crippen LogP contribution is -2.45. The third kappa shape index (κ3) is 2.79. The molecule has 1 fully saturated rings. The first-order valence-electron chi connectivity index (χ1n) is 5.90. The molecule has 4 heteroatoms. The van der Waals surface area contributed by atoms with Crippen LogP contribution in [0.25, 0.3) is 0 Å². The molecule has 0 heterocycles. The Kier molecular flexibility index (Phi) is 4.02. The zero-order chi connectivity index (χ0) is 12.3. The van der Waals surface area contributed by atoms with E-state index in [1.54, 1.807) is 29.2 Å². The number of halogens is 1. The molecule has 0 saturated heterocycles. The van der Waals surface area contributed by atoms with Gasteiger partial charge in [0.25, 0.3) is 5.91 Å². The molecule has 1 aliphatic rings. The summed E-state index contributed by atoms with van der Waals surface area (Å²) in [5.74, 6) is -0.0359. The lowest BCUT2D eigenvalue weighted by Gasteiger charge is -2.37. The van der Waals surface area contributed by atoms with Crippen molar-refractivity contribution in [2.45, 2.75) is 25.3 Å². The van der Waals surface area contributed by atoms with Gasteiger partial charge in [-0.15, -0.1) is 0 Å². The molecular formula is C13H16ClNO2. The molecule has 0 spiro atoms. The Balaban J connectivity index is 2.15. The second kappa shape index (κ2) is 5.52. The summed E-state index contributed by atoms with van der Waals surface area (Å²) in [5, 5.41) is 9.60. The average molecular weight is 254 g/mol. The maximum atomic E-state index is 12.3. The van der Waals surface area contributed by atoms with E-state index in [1.807, 2.05) is 0 Å². The van der Waals surface area contributed by atoms with E-state index in [9.17, 15) is 4.79 Å². The number of rotatable bonds is 4. The normalized spacial score (nSPS) is 15.4. The summed E-state index contributed by atoms with van der Waals surface area (Å²) in [5.41, 5.74) is 0.595. The van der Waals surface area contributed by atoms with Gasteiger partial charge < -0.3 is 10.0 Å². The Bertz CT molecular complexity index is 404. The van der Waals surface area contributed by atoms with E-state index < -0.39 is 0 Å². The van der Waals surface area contributed by atoms with Crippen molar-refractivity contribution in [2.75, 3.05) is 13.2 Å². The van der Waals surface area contributed by atoms with Crippen LogP contribution in [0, 0.1) is 0 Å². The summed E-state index contributed by atoms with van der Waals surface area (Å²) >= 11 is 5.88. The highest BCUT2D eigenvalue weighted by atomic mass is 35.5. The molecule has 2 rings (SSSR count). The van der Waals surface area contributed by atoms with Crippen molar-refractivity contribution in [3.05, 3.63) is 34.9 Å². The molecule has 1 saturated carbocycles. The largest absolute Gasteiger partial charge is 0.395 e. The summed E-state index contributed by atoms with van der Waals surface area (Å²) in [7, 11) is 0. The molecule has 17 heavy (non-hydrogen) atoms. The minimum absolute atomic E-state index is 0.00278. The van der Waals surface area contributed by atoms with Crippen molar-refractivity contribution in [3.63, 3.8) is 0 Å². The van der Waals surface area contributed by atoms with Gasteiger partial charge in [0.2, 0.25) is 0 Å². The minimum atomic E-state index is -0.0359. The van der Waals surface area contributed by atoms with Gasteiger partial charge in [-0.2, -0.15) is 0 Å². The molecule has 0 unspecified atom stereocenters. The predicted octanol–water partition coefficient (Wildman–Crippen LogP) is 2.33. The van der Waals surface area contributed by atoms with Gasteiger partial charge in [0, 0.05) is 23.2 Å². The van der Waals surface area contributed by atoms with E-state index in [0.717, 1.165) is 19.3 Å². The molecule has 1 aliphatic carbocycles.